The molecule has 1 aliphatic carbocycles. The van der Waals surface area contributed by atoms with Crippen LogP contribution in [0.5, 0.6) is 0 Å². The molecule has 2 aromatic carbocycles. The number of carbonyl (C=O) groups is 2. The van der Waals surface area contributed by atoms with E-state index < -0.39 is 6.09 Å². The van der Waals surface area contributed by atoms with Gasteiger partial charge in [-0.25, -0.2) is 4.79 Å². The van der Waals surface area contributed by atoms with Crippen molar-refractivity contribution in [1.82, 2.24) is 0 Å². The number of thiophene rings is 1. The zero-order valence-corrected chi connectivity index (χ0v) is 15.6. The fourth-order valence-corrected chi connectivity index (χ4v) is 4.59. The molecule has 1 aliphatic rings. The van der Waals surface area contributed by atoms with Gasteiger partial charge in [0.15, 0.2) is 5.78 Å². The van der Waals surface area contributed by atoms with E-state index in [0.29, 0.717) is 16.1 Å². The normalized spacial score (nSPS) is 12.4. The summed E-state index contributed by atoms with van der Waals surface area (Å²) < 4.78 is 5.32. The van der Waals surface area contributed by atoms with Crippen molar-refractivity contribution >= 4 is 28.2 Å². The van der Waals surface area contributed by atoms with E-state index in [9.17, 15) is 9.59 Å². The van der Waals surface area contributed by atoms with Gasteiger partial charge in [-0.15, -0.1) is 11.3 Å². The molecule has 1 heterocycles. The van der Waals surface area contributed by atoms with Gasteiger partial charge in [0, 0.05) is 10.4 Å². The minimum atomic E-state index is -0.541. The molecule has 0 bridgehead atoms. The van der Waals surface area contributed by atoms with E-state index in [0.717, 1.165) is 30.4 Å². The molecule has 5 heteroatoms. The monoisotopic (exact) mass is 377 g/mol. The van der Waals surface area contributed by atoms with Crippen LogP contribution in [0.25, 0.3) is 0 Å². The summed E-state index contributed by atoms with van der Waals surface area (Å²) >= 11 is 1.49. The average molecular weight is 377 g/mol. The van der Waals surface area contributed by atoms with Gasteiger partial charge in [0.2, 0.25) is 0 Å². The highest BCUT2D eigenvalue weighted by atomic mass is 32.1. The molecule has 27 heavy (non-hydrogen) atoms. The SMILES string of the molecule is O=C(Nc1sc2c(c1C(=O)c1ccccc1)CCC2)OCc1ccccc1. The lowest BCUT2D eigenvalue weighted by molar-refractivity contribution is 0.103. The standard InChI is InChI=1S/C22H19NO3S/c24-20(16-10-5-2-6-11-16)19-17-12-7-13-18(17)27-21(19)23-22(25)26-14-15-8-3-1-4-9-15/h1-6,8-11H,7,12-14H2,(H,23,25). The van der Waals surface area contributed by atoms with E-state index in [-0.39, 0.29) is 12.4 Å². The Hall–Kier alpha value is -2.92. The van der Waals surface area contributed by atoms with Crippen LogP contribution in [0.2, 0.25) is 0 Å². The van der Waals surface area contributed by atoms with E-state index in [2.05, 4.69) is 5.32 Å². The average Bonchev–Trinajstić information content (AvgIpc) is 3.28. The van der Waals surface area contributed by atoms with Crippen molar-refractivity contribution in [2.75, 3.05) is 5.32 Å². The number of nitrogens with one attached hydrogen (secondary N) is 1. The van der Waals surface area contributed by atoms with E-state index in [4.69, 9.17) is 4.74 Å². The maximum absolute atomic E-state index is 13.1. The number of anilines is 1. The van der Waals surface area contributed by atoms with Gasteiger partial charge in [-0.05, 0) is 30.4 Å². The van der Waals surface area contributed by atoms with Gasteiger partial charge in [0.1, 0.15) is 11.6 Å². The lowest BCUT2D eigenvalue weighted by atomic mass is 10.0. The second kappa shape index (κ2) is 7.76. The number of rotatable bonds is 5. The molecule has 4 rings (SSSR count). The Morgan fingerprint density at radius 1 is 0.963 bits per heavy atom. The topological polar surface area (TPSA) is 55.4 Å². The molecular weight excluding hydrogens is 358 g/mol. The molecule has 1 aromatic heterocycles. The minimum absolute atomic E-state index is 0.0478. The highest BCUT2D eigenvalue weighted by Crippen LogP contribution is 2.40. The smallest absolute Gasteiger partial charge is 0.412 e. The van der Waals surface area contributed by atoms with Crippen LogP contribution in [0.1, 0.15) is 38.3 Å². The molecule has 0 atom stereocenters. The van der Waals surface area contributed by atoms with Crippen LogP contribution in [0.15, 0.2) is 60.7 Å². The first-order chi connectivity index (χ1) is 13.2. The number of amides is 1. The molecule has 0 aliphatic heterocycles. The molecule has 1 N–H and O–H groups in total. The maximum Gasteiger partial charge on any atom is 0.412 e. The molecule has 0 spiro atoms. The Kier molecular flexibility index (Phi) is 5.03. The summed E-state index contributed by atoms with van der Waals surface area (Å²) in [5.74, 6) is -0.0478. The third-order valence-corrected chi connectivity index (χ3v) is 5.82. The molecule has 0 saturated heterocycles. The van der Waals surface area contributed by atoms with Crippen LogP contribution in [-0.2, 0) is 24.2 Å². The number of hydrogen-bond donors (Lipinski definition) is 1. The zero-order valence-electron chi connectivity index (χ0n) is 14.7. The Balaban J connectivity index is 1.54. The van der Waals surface area contributed by atoms with Crippen LogP contribution in [0.4, 0.5) is 9.80 Å². The number of fused-ring (bicyclic) bond motifs is 1. The van der Waals surface area contributed by atoms with Crippen molar-refractivity contribution in [1.29, 1.82) is 0 Å². The lowest BCUT2D eigenvalue weighted by Gasteiger charge is -2.09. The fourth-order valence-electron chi connectivity index (χ4n) is 3.32. The molecule has 136 valence electrons. The Bertz CT molecular complexity index is 964. The van der Waals surface area contributed by atoms with Crippen molar-refractivity contribution in [3.05, 3.63) is 87.8 Å². The van der Waals surface area contributed by atoms with Crippen LogP contribution in [0.3, 0.4) is 0 Å². The Morgan fingerprint density at radius 2 is 1.67 bits per heavy atom. The van der Waals surface area contributed by atoms with E-state index in [1.54, 1.807) is 12.1 Å². The largest absolute Gasteiger partial charge is 0.444 e. The molecule has 0 fully saturated rings. The quantitative estimate of drug-likeness (QED) is 0.621. The number of aryl methyl sites for hydroxylation is 1. The second-order valence-corrected chi connectivity index (χ2v) is 7.55. The maximum atomic E-state index is 13.1. The molecule has 3 aromatic rings. The van der Waals surface area contributed by atoms with Crippen molar-refractivity contribution < 1.29 is 14.3 Å². The van der Waals surface area contributed by atoms with Crippen LogP contribution in [0, 0.1) is 0 Å². The summed E-state index contributed by atoms with van der Waals surface area (Å²) in [7, 11) is 0. The van der Waals surface area contributed by atoms with E-state index >= 15 is 0 Å². The van der Waals surface area contributed by atoms with Gasteiger partial charge in [-0.2, -0.15) is 0 Å². The Labute approximate surface area is 161 Å². The van der Waals surface area contributed by atoms with E-state index in [1.165, 1.54) is 16.2 Å². The summed E-state index contributed by atoms with van der Waals surface area (Å²) in [5.41, 5.74) is 3.25. The van der Waals surface area contributed by atoms with Crippen molar-refractivity contribution in [2.24, 2.45) is 0 Å². The fraction of sp³-hybridized carbons (Fsp3) is 0.182. The number of carbonyl (C=O) groups excluding carboxylic acids is 2. The first-order valence-electron chi connectivity index (χ1n) is 8.94. The molecule has 1 amide bonds. The molecule has 0 saturated carbocycles. The summed E-state index contributed by atoms with van der Waals surface area (Å²) in [6, 6.07) is 18.7. The first-order valence-corrected chi connectivity index (χ1v) is 9.76. The van der Waals surface area contributed by atoms with Gasteiger partial charge in [0.25, 0.3) is 0 Å². The summed E-state index contributed by atoms with van der Waals surface area (Å²) in [6.45, 7) is 0.194. The number of benzene rings is 2. The number of hydrogen-bond acceptors (Lipinski definition) is 4. The van der Waals surface area contributed by atoms with Crippen LogP contribution >= 0.6 is 11.3 Å². The summed E-state index contributed by atoms with van der Waals surface area (Å²) in [4.78, 5) is 26.5. The number of ketones is 1. The molecule has 0 radical (unpaired) electrons. The van der Waals surface area contributed by atoms with Crippen molar-refractivity contribution in [3.63, 3.8) is 0 Å². The predicted molar refractivity (Wildman–Crippen MR) is 106 cm³/mol. The third kappa shape index (κ3) is 3.78. The highest BCUT2D eigenvalue weighted by molar-refractivity contribution is 7.17. The Morgan fingerprint density at radius 3 is 2.41 bits per heavy atom. The van der Waals surface area contributed by atoms with Gasteiger partial charge in [-0.1, -0.05) is 60.7 Å². The summed E-state index contributed by atoms with van der Waals surface area (Å²) in [6.07, 6.45) is 2.34. The first kappa shape index (κ1) is 17.5. The highest BCUT2D eigenvalue weighted by Gasteiger charge is 2.28. The molecule has 0 unspecified atom stereocenters. The minimum Gasteiger partial charge on any atom is -0.444 e. The number of ether oxygens (including phenoxy) is 1. The van der Waals surface area contributed by atoms with Crippen LogP contribution in [-0.4, -0.2) is 11.9 Å². The molecular formula is C22H19NO3S. The predicted octanol–water partition coefficient (Wildman–Crippen LogP) is 5.22. The zero-order chi connectivity index (χ0) is 18.6. The van der Waals surface area contributed by atoms with Gasteiger partial charge < -0.3 is 4.74 Å². The van der Waals surface area contributed by atoms with Crippen molar-refractivity contribution in [2.45, 2.75) is 25.9 Å². The summed E-state index contributed by atoms with van der Waals surface area (Å²) in [5, 5.41) is 3.39. The lowest BCUT2D eigenvalue weighted by Crippen LogP contribution is -2.15. The van der Waals surface area contributed by atoms with Crippen molar-refractivity contribution in [3.8, 4) is 0 Å². The van der Waals surface area contributed by atoms with Gasteiger partial charge in [-0.3, -0.25) is 10.1 Å². The van der Waals surface area contributed by atoms with Crippen LogP contribution < -0.4 is 5.32 Å². The van der Waals surface area contributed by atoms with Gasteiger partial charge in [0.05, 0.1) is 5.56 Å². The van der Waals surface area contributed by atoms with E-state index in [1.807, 2.05) is 48.5 Å². The molecule has 4 nitrogen and oxygen atoms in total. The third-order valence-electron chi connectivity index (χ3n) is 4.61. The van der Waals surface area contributed by atoms with Gasteiger partial charge >= 0.3 is 6.09 Å². The second-order valence-electron chi connectivity index (χ2n) is 6.44.